The van der Waals surface area contributed by atoms with Crippen molar-refractivity contribution in [1.82, 2.24) is 4.90 Å². The van der Waals surface area contributed by atoms with Gasteiger partial charge in [0.05, 0.1) is 16.8 Å². The number of carbonyl (C=O) groups excluding carboxylic acids is 1. The Balaban J connectivity index is 2.01. The van der Waals surface area contributed by atoms with E-state index in [1.165, 1.54) is 0 Å². The van der Waals surface area contributed by atoms with Crippen LogP contribution >= 0.6 is 11.6 Å². The molecule has 1 unspecified atom stereocenters. The number of benzene rings is 1. The molecule has 122 valence electrons. The van der Waals surface area contributed by atoms with Crippen molar-refractivity contribution < 1.29 is 9.53 Å². The number of nitrogens with zero attached hydrogens (tertiary/aromatic N) is 2. The van der Waals surface area contributed by atoms with Crippen molar-refractivity contribution >= 4 is 29.1 Å². The molecule has 0 aliphatic carbocycles. The highest BCUT2D eigenvalue weighted by Crippen LogP contribution is 2.31. The summed E-state index contributed by atoms with van der Waals surface area (Å²) in [5.41, 5.74) is 6.85. The predicted molar refractivity (Wildman–Crippen MR) is 90.5 cm³/mol. The number of hydrogen-bond donors (Lipinski definition) is 1. The molecule has 0 saturated carbocycles. The fraction of sp³-hybridized carbons (Fsp3) is 0.562. The first-order chi connectivity index (χ1) is 10.2. The van der Waals surface area contributed by atoms with Gasteiger partial charge in [0, 0.05) is 25.8 Å². The van der Waals surface area contributed by atoms with Gasteiger partial charge in [-0.2, -0.15) is 0 Å². The summed E-state index contributed by atoms with van der Waals surface area (Å²) in [6, 6.07) is 5.63. The lowest BCUT2D eigenvalue weighted by Gasteiger charge is -2.29. The van der Waals surface area contributed by atoms with Crippen LogP contribution in [-0.2, 0) is 4.74 Å². The van der Waals surface area contributed by atoms with Crippen LogP contribution in [0.3, 0.4) is 0 Å². The largest absolute Gasteiger partial charge is 0.444 e. The SMILES string of the molecule is CN(C(=O)OC(C)(C)C)C1CCN(c2ccc(N)cc2Cl)C1. The molecule has 6 heteroatoms. The van der Waals surface area contributed by atoms with E-state index in [1.807, 2.05) is 32.9 Å². The van der Waals surface area contributed by atoms with Gasteiger partial charge in [-0.3, -0.25) is 0 Å². The van der Waals surface area contributed by atoms with Gasteiger partial charge in [-0.15, -0.1) is 0 Å². The van der Waals surface area contributed by atoms with Crippen molar-refractivity contribution in [2.75, 3.05) is 30.8 Å². The molecule has 1 atom stereocenters. The maximum absolute atomic E-state index is 12.1. The lowest BCUT2D eigenvalue weighted by Crippen LogP contribution is -2.42. The topological polar surface area (TPSA) is 58.8 Å². The smallest absolute Gasteiger partial charge is 0.410 e. The van der Waals surface area contributed by atoms with Gasteiger partial charge in [-0.05, 0) is 45.4 Å². The van der Waals surface area contributed by atoms with Crippen LogP contribution in [0.25, 0.3) is 0 Å². The standard InChI is InChI=1S/C16H24ClN3O2/c1-16(2,3)22-15(21)19(4)12-7-8-20(10-12)14-6-5-11(18)9-13(14)17/h5-6,9,12H,7-8,10,18H2,1-4H3. The first kappa shape index (κ1) is 16.7. The number of nitrogens with two attached hydrogens (primary N) is 1. The fourth-order valence-corrected chi connectivity index (χ4v) is 2.85. The second kappa shape index (κ2) is 6.24. The Labute approximate surface area is 137 Å². The third-order valence-corrected chi connectivity index (χ3v) is 4.01. The summed E-state index contributed by atoms with van der Waals surface area (Å²) in [6.45, 7) is 7.19. The monoisotopic (exact) mass is 325 g/mol. The van der Waals surface area contributed by atoms with E-state index in [9.17, 15) is 4.79 Å². The normalized spacial score (nSPS) is 18.4. The zero-order valence-electron chi connectivity index (χ0n) is 13.6. The van der Waals surface area contributed by atoms with Gasteiger partial charge in [-0.25, -0.2) is 4.79 Å². The zero-order valence-corrected chi connectivity index (χ0v) is 14.4. The minimum absolute atomic E-state index is 0.114. The first-order valence-electron chi connectivity index (χ1n) is 7.43. The molecule has 1 aromatic rings. The van der Waals surface area contributed by atoms with Crippen molar-refractivity contribution in [3.63, 3.8) is 0 Å². The minimum atomic E-state index is -0.482. The molecule has 1 fully saturated rings. The third kappa shape index (κ3) is 3.97. The van der Waals surface area contributed by atoms with Gasteiger partial charge in [-0.1, -0.05) is 11.6 Å². The van der Waals surface area contributed by atoms with E-state index in [-0.39, 0.29) is 12.1 Å². The molecule has 1 aliphatic rings. The number of nitrogen functional groups attached to an aromatic ring is 1. The van der Waals surface area contributed by atoms with E-state index in [1.54, 1.807) is 18.0 Å². The average Bonchev–Trinajstić information content (AvgIpc) is 2.85. The Hall–Kier alpha value is -1.62. The molecule has 1 aromatic carbocycles. The highest BCUT2D eigenvalue weighted by molar-refractivity contribution is 6.33. The van der Waals surface area contributed by atoms with E-state index >= 15 is 0 Å². The average molecular weight is 326 g/mol. The highest BCUT2D eigenvalue weighted by atomic mass is 35.5. The Morgan fingerprint density at radius 2 is 2.14 bits per heavy atom. The molecule has 0 aromatic heterocycles. The summed E-state index contributed by atoms with van der Waals surface area (Å²) in [6.07, 6.45) is 0.596. The lowest BCUT2D eigenvalue weighted by atomic mass is 10.2. The van der Waals surface area contributed by atoms with Crippen LogP contribution in [0.4, 0.5) is 16.2 Å². The van der Waals surface area contributed by atoms with Gasteiger partial charge in [0.2, 0.25) is 0 Å². The Morgan fingerprint density at radius 1 is 1.45 bits per heavy atom. The molecule has 1 amide bonds. The van der Waals surface area contributed by atoms with Crippen LogP contribution in [0, 0.1) is 0 Å². The number of halogens is 1. The fourth-order valence-electron chi connectivity index (χ4n) is 2.54. The molecule has 0 spiro atoms. The summed E-state index contributed by atoms with van der Waals surface area (Å²) < 4.78 is 5.42. The molecule has 1 saturated heterocycles. The van der Waals surface area contributed by atoms with E-state index in [2.05, 4.69) is 4.90 Å². The van der Waals surface area contributed by atoms with E-state index in [0.717, 1.165) is 25.2 Å². The predicted octanol–water partition coefficient (Wildman–Crippen LogP) is 3.37. The number of rotatable bonds is 2. The van der Waals surface area contributed by atoms with Gasteiger partial charge in [0.1, 0.15) is 5.60 Å². The molecule has 1 heterocycles. The number of ether oxygens (including phenoxy) is 1. The quantitative estimate of drug-likeness (QED) is 0.847. The van der Waals surface area contributed by atoms with Crippen LogP contribution in [-0.4, -0.2) is 42.8 Å². The van der Waals surface area contributed by atoms with Gasteiger partial charge in [0.15, 0.2) is 0 Å². The second-order valence-electron chi connectivity index (χ2n) is 6.69. The third-order valence-electron chi connectivity index (χ3n) is 3.71. The number of likely N-dealkylation sites (N-methyl/N-ethyl adjacent to an activating group) is 1. The molecule has 0 bridgehead atoms. The van der Waals surface area contributed by atoms with Crippen LogP contribution in [0.2, 0.25) is 5.02 Å². The molecular weight excluding hydrogens is 302 g/mol. The van der Waals surface area contributed by atoms with E-state index in [4.69, 9.17) is 22.1 Å². The number of hydrogen-bond acceptors (Lipinski definition) is 4. The van der Waals surface area contributed by atoms with Crippen LogP contribution in [0.15, 0.2) is 18.2 Å². The Morgan fingerprint density at radius 3 is 2.73 bits per heavy atom. The Bertz CT molecular complexity index is 557. The maximum atomic E-state index is 12.1. The van der Waals surface area contributed by atoms with Crippen LogP contribution < -0.4 is 10.6 Å². The van der Waals surface area contributed by atoms with E-state index < -0.39 is 5.60 Å². The lowest BCUT2D eigenvalue weighted by molar-refractivity contribution is 0.0238. The number of anilines is 2. The molecule has 0 radical (unpaired) electrons. The minimum Gasteiger partial charge on any atom is -0.444 e. The summed E-state index contributed by atoms with van der Waals surface area (Å²) >= 11 is 6.26. The van der Waals surface area contributed by atoms with Crippen LogP contribution in [0.1, 0.15) is 27.2 Å². The highest BCUT2D eigenvalue weighted by Gasteiger charge is 2.31. The number of carbonyl (C=O) groups is 1. The van der Waals surface area contributed by atoms with Gasteiger partial charge in [0.25, 0.3) is 0 Å². The summed E-state index contributed by atoms with van der Waals surface area (Å²) in [7, 11) is 1.78. The van der Waals surface area contributed by atoms with Crippen molar-refractivity contribution in [1.29, 1.82) is 0 Å². The van der Waals surface area contributed by atoms with Gasteiger partial charge < -0.3 is 20.3 Å². The molecule has 5 nitrogen and oxygen atoms in total. The summed E-state index contributed by atoms with van der Waals surface area (Å²) in [5.74, 6) is 0. The molecule has 2 N–H and O–H groups in total. The Kier molecular flexibility index (Phi) is 4.75. The molecule has 22 heavy (non-hydrogen) atoms. The summed E-state index contributed by atoms with van der Waals surface area (Å²) in [4.78, 5) is 16.0. The molecule has 1 aliphatic heterocycles. The first-order valence-corrected chi connectivity index (χ1v) is 7.81. The zero-order chi connectivity index (χ0) is 16.5. The maximum Gasteiger partial charge on any atom is 0.410 e. The number of amides is 1. The summed E-state index contributed by atoms with van der Waals surface area (Å²) in [5, 5.41) is 0.639. The van der Waals surface area contributed by atoms with Crippen molar-refractivity contribution in [2.45, 2.75) is 38.8 Å². The second-order valence-corrected chi connectivity index (χ2v) is 7.10. The van der Waals surface area contributed by atoms with Crippen molar-refractivity contribution in [2.24, 2.45) is 0 Å². The molecule has 2 rings (SSSR count). The molecular formula is C16H24ClN3O2. The van der Waals surface area contributed by atoms with Crippen LogP contribution in [0.5, 0.6) is 0 Å². The van der Waals surface area contributed by atoms with Crippen molar-refractivity contribution in [3.8, 4) is 0 Å². The van der Waals surface area contributed by atoms with E-state index in [0.29, 0.717) is 10.7 Å². The van der Waals surface area contributed by atoms with Gasteiger partial charge >= 0.3 is 6.09 Å². The van der Waals surface area contributed by atoms with Crippen molar-refractivity contribution in [3.05, 3.63) is 23.2 Å².